The van der Waals surface area contributed by atoms with Gasteiger partial charge in [0.1, 0.15) is 5.82 Å². The lowest BCUT2D eigenvalue weighted by Gasteiger charge is -2.22. The molecule has 1 aromatic carbocycles. The Bertz CT molecular complexity index is 621. The third-order valence-electron chi connectivity index (χ3n) is 4.43. The molecule has 122 valence electrons. The maximum Gasteiger partial charge on any atom is 0.227 e. The fourth-order valence-electron chi connectivity index (χ4n) is 3.18. The molecule has 0 bridgehead atoms. The molecule has 1 aliphatic carbocycles. The Balaban J connectivity index is 1.77. The van der Waals surface area contributed by atoms with Crippen LogP contribution < -0.4 is 10.2 Å². The van der Waals surface area contributed by atoms with Crippen LogP contribution >= 0.6 is 0 Å². The van der Waals surface area contributed by atoms with Crippen LogP contribution in [0, 0.1) is 6.92 Å². The first-order valence-electron chi connectivity index (χ1n) is 8.65. The number of aromatic nitrogens is 2. The van der Waals surface area contributed by atoms with Crippen LogP contribution in [-0.4, -0.2) is 22.6 Å². The van der Waals surface area contributed by atoms with Crippen LogP contribution in [0.25, 0.3) is 0 Å². The number of aryl methyl sites for hydroxylation is 1. The van der Waals surface area contributed by atoms with E-state index >= 15 is 0 Å². The molecular weight excluding hydrogens is 284 g/mol. The summed E-state index contributed by atoms with van der Waals surface area (Å²) >= 11 is 0. The summed E-state index contributed by atoms with van der Waals surface area (Å²) in [5.74, 6) is 1.78. The van der Waals surface area contributed by atoms with Gasteiger partial charge in [-0.2, -0.15) is 4.98 Å². The van der Waals surface area contributed by atoms with E-state index in [0.717, 1.165) is 30.5 Å². The molecule has 2 aromatic rings. The minimum atomic E-state index is 0.571. The first-order valence-corrected chi connectivity index (χ1v) is 8.65. The van der Waals surface area contributed by atoms with Crippen LogP contribution in [0.3, 0.4) is 0 Å². The highest BCUT2D eigenvalue weighted by Gasteiger charge is 2.16. The minimum Gasteiger partial charge on any atom is -0.367 e. The molecule has 1 aromatic heterocycles. The van der Waals surface area contributed by atoms with Crippen molar-refractivity contribution in [2.24, 2.45) is 0 Å². The molecule has 0 amide bonds. The lowest BCUT2D eigenvalue weighted by molar-refractivity contribution is 0.743. The maximum atomic E-state index is 4.77. The van der Waals surface area contributed by atoms with Crippen molar-refractivity contribution in [3.63, 3.8) is 0 Å². The van der Waals surface area contributed by atoms with Gasteiger partial charge in [0.15, 0.2) is 0 Å². The largest absolute Gasteiger partial charge is 0.367 e. The molecule has 1 heterocycles. The summed E-state index contributed by atoms with van der Waals surface area (Å²) in [6.45, 7) is 5.92. The maximum absolute atomic E-state index is 4.77. The van der Waals surface area contributed by atoms with Crippen molar-refractivity contribution in [1.82, 2.24) is 9.97 Å². The number of benzene rings is 1. The van der Waals surface area contributed by atoms with Gasteiger partial charge in [-0.25, -0.2) is 4.98 Å². The standard InChI is InChI=1S/C19H26N4/c1-3-23(14-16-9-5-4-6-10-16)19-20-15(2)13-18(22-19)21-17-11-7-8-12-17/h4-6,9-10,13,17H,3,7-8,11-12,14H2,1-2H3,(H,20,21,22). The Kier molecular flexibility index (Phi) is 5.11. The molecule has 1 fully saturated rings. The second kappa shape index (κ2) is 7.44. The Labute approximate surface area is 139 Å². The van der Waals surface area contributed by atoms with E-state index in [4.69, 9.17) is 4.98 Å². The quantitative estimate of drug-likeness (QED) is 0.869. The molecular formula is C19H26N4. The predicted molar refractivity (Wildman–Crippen MR) is 95.8 cm³/mol. The highest BCUT2D eigenvalue weighted by molar-refractivity contribution is 5.44. The summed E-state index contributed by atoms with van der Waals surface area (Å²) in [6, 6.07) is 13.1. The predicted octanol–water partition coefficient (Wildman–Crippen LogP) is 4.17. The van der Waals surface area contributed by atoms with Crippen LogP contribution in [0.5, 0.6) is 0 Å². The van der Waals surface area contributed by atoms with Crippen LogP contribution in [0.4, 0.5) is 11.8 Å². The first kappa shape index (κ1) is 15.8. The van der Waals surface area contributed by atoms with Crippen LogP contribution in [-0.2, 0) is 6.54 Å². The molecule has 23 heavy (non-hydrogen) atoms. The number of rotatable bonds is 6. The van der Waals surface area contributed by atoms with Crippen molar-refractivity contribution in [3.8, 4) is 0 Å². The molecule has 1 saturated carbocycles. The number of hydrogen-bond donors (Lipinski definition) is 1. The Morgan fingerprint density at radius 1 is 1.13 bits per heavy atom. The van der Waals surface area contributed by atoms with Gasteiger partial charge in [0, 0.05) is 30.9 Å². The van der Waals surface area contributed by atoms with Gasteiger partial charge in [0.25, 0.3) is 0 Å². The lowest BCUT2D eigenvalue weighted by Crippen LogP contribution is -2.25. The second-order valence-electron chi connectivity index (χ2n) is 6.32. The van der Waals surface area contributed by atoms with Crippen LogP contribution in [0.15, 0.2) is 36.4 Å². The van der Waals surface area contributed by atoms with E-state index in [9.17, 15) is 0 Å². The smallest absolute Gasteiger partial charge is 0.227 e. The fourth-order valence-corrected chi connectivity index (χ4v) is 3.18. The van der Waals surface area contributed by atoms with Gasteiger partial charge in [0.05, 0.1) is 0 Å². The normalized spacial score (nSPS) is 14.9. The van der Waals surface area contributed by atoms with Crippen molar-refractivity contribution in [2.75, 3.05) is 16.8 Å². The zero-order valence-electron chi connectivity index (χ0n) is 14.1. The van der Waals surface area contributed by atoms with E-state index < -0.39 is 0 Å². The highest BCUT2D eigenvalue weighted by atomic mass is 15.3. The van der Waals surface area contributed by atoms with Crippen molar-refractivity contribution >= 4 is 11.8 Å². The van der Waals surface area contributed by atoms with Gasteiger partial charge in [-0.15, -0.1) is 0 Å². The Morgan fingerprint density at radius 2 is 1.87 bits per heavy atom. The molecule has 0 unspecified atom stereocenters. The lowest BCUT2D eigenvalue weighted by atomic mass is 10.2. The van der Waals surface area contributed by atoms with Gasteiger partial charge in [-0.3, -0.25) is 0 Å². The molecule has 1 N–H and O–H groups in total. The van der Waals surface area contributed by atoms with Crippen LogP contribution in [0.1, 0.15) is 43.9 Å². The van der Waals surface area contributed by atoms with E-state index in [-0.39, 0.29) is 0 Å². The molecule has 0 aliphatic heterocycles. The van der Waals surface area contributed by atoms with Crippen molar-refractivity contribution < 1.29 is 0 Å². The Hall–Kier alpha value is -2.10. The average molecular weight is 310 g/mol. The van der Waals surface area contributed by atoms with E-state index in [1.54, 1.807) is 0 Å². The number of anilines is 2. The molecule has 0 spiro atoms. The fraction of sp³-hybridized carbons (Fsp3) is 0.474. The summed E-state index contributed by atoms with van der Waals surface area (Å²) in [7, 11) is 0. The second-order valence-corrected chi connectivity index (χ2v) is 6.32. The molecule has 1 aliphatic rings. The molecule has 0 radical (unpaired) electrons. The third kappa shape index (κ3) is 4.21. The summed E-state index contributed by atoms with van der Waals surface area (Å²) < 4.78 is 0. The zero-order chi connectivity index (χ0) is 16.1. The van der Waals surface area contributed by atoms with Crippen molar-refractivity contribution in [2.45, 2.75) is 52.1 Å². The van der Waals surface area contributed by atoms with E-state index in [1.807, 2.05) is 13.0 Å². The summed E-state index contributed by atoms with van der Waals surface area (Å²) in [4.78, 5) is 11.6. The van der Waals surface area contributed by atoms with Gasteiger partial charge < -0.3 is 10.2 Å². The molecule has 0 saturated heterocycles. The molecule has 0 atom stereocenters. The SMILES string of the molecule is CCN(Cc1ccccc1)c1nc(C)cc(NC2CCCC2)n1. The molecule has 3 rings (SSSR count). The van der Waals surface area contributed by atoms with Crippen LogP contribution in [0.2, 0.25) is 0 Å². The first-order chi connectivity index (χ1) is 11.2. The Morgan fingerprint density at radius 3 is 2.57 bits per heavy atom. The topological polar surface area (TPSA) is 41.1 Å². The molecule has 4 nitrogen and oxygen atoms in total. The monoisotopic (exact) mass is 310 g/mol. The van der Waals surface area contributed by atoms with Gasteiger partial charge in [-0.1, -0.05) is 43.2 Å². The highest BCUT2D eigenvalue weighted by Crippen LogP contribution is 2.23. The summed E-state index contributed by atoms with van der Waals surface area (Å²) in [5, 5.41) is 3.59. The van der Waals surface area contributed by atoms with E-state index in [2.05, 4.69) is 52.5 Å². The van der Waals surface area contributed by atoms with Gasteiger partial charge in [-0.05, 0) is 32.3 Å². The van der Waals surface area contributed by atoms with Gasteiger partial charge >= 0.3 is 0 Å². The zero-order valence-corrected chi connectivity index (χ0v) is 14.1. The van der Waals surface area contributed by atoms with E-state index in [0.29, 0.717) is 6.04 Å². The van der Waals surface area contributed by atoms with Crippen molar-refractivity contribution in [1.29, 1.82) is 0 Å². The van der Waals surface area contributed by atoms with Gasteiger partial charge in [0.2, 0.25) is 5.95 Å². The van der Waals surface area contributed by atoms with E-state index in [1.165, 1.54) is 31.2 Å². The minimum absolute atomic E-state index is 0.571. The third-order valence-corrected chi connectivity index (χ3v) is 4.43. The molecule has 4 heteroatoms. The number of nitrogens with one attached hydrogen (secondary N) is 1. The number of hydrogen-bond acceptors (Lipinski definition) is 4. The number of nitrogens with zero attached hydrogens (tertiary/aromatic N) is 3. The summed E-state index contributed by atoms with van der Waals surface area (Å²) in [6.07, 6.45) is 5.15. The summed E-state index contributed by atoms with van der Waals surface area (Å²) in [5.41, 5.74) is 2.30. The van der Waals surface area contributed by atoms with Crippen molar-refractivity contribution in [3.05, 3.63) is 47.7 Å². The average Bonchev–Trinajstić information content (AvgIpc) is 3.06.